The van der Waals surface area contributed by atoms with Gasteiger partial charge in [0, 0.05) is 10.0 Å². The summed E-state index contributed by atoms with van der Waals surface area (Å²) >= 11 is 3.52. The van der Waals surface area contributed by atoms with Crippen molar-refractivity contribution < 1.29 is 15.2 Å². The van der Waals surface area contributed by atoms with E-state index >= 15 is 0 Å². The fourth-order valence-electron chi connectivity index (χ4n) is 1.50. The van der Waals surface area contributed by atoms with E-state index in [9.17, 15) is 0 Å². The quantitative estimate of drug-likeness (QED) is 0.829. The third kappa shape index (κ3) is 3.77. The Morgan fingerprint density at radius 1 is 1.50 bits per heavy atom. The maximum absolute atomic E-state index is 9.11. The van der Waals surface area contributed by atoms with E-state index in [2.05, 4.69) is 28.2 Å². The molecule has 0 aromatic heterocycles. The summed E-state index contributed by atoms with van der Waals surface area (Å²) in [6.07, 6.45) is 0.970. The summed E-state index contributed by atoms with van der Waals surface area (Å²) in [5, 5.41) is 11.3. The molecule has 0 amide bonds. The van der Waals surface area contributed by atoms with Crippen molar-refractivity contribution >= 4 is 15.9 Å². The number of halogens is 1. The zero-order valence-corrected chi connectivity index (χ0v) is 11.3. The minimum atomic E-state index is 0.220. The molecule has 3 N–H and O–H groups in total. The summed E-state index contributed by atoms with van der Waals surface area (Å²) < 4.78 is 6.27. The van der Waals surface area contributed by atoms with Crippen molar-refractivity contribution in [3.05, 3.63) is 28.2 Å². The van der Waals surface area contributed by atoms with Gasteiger partial charge in [0.05, 0.1) is 13.7 Å². The van der Waals surface area contributed by atoms with E-state index in [-0.39, 0.29) is 12.6 Å². The highest BCUT2D eigenvalue weighted by Gasteiger charge is 2.09. The maximum atomic E-state index is 9.11. The number of aliphatic hydroxyl groups excluding tert-OH is 1. The Hall–Kier alpha value is -0.580. The number of rotatable bonds is 6. The highest BCUT2D eigenvalue weighted by Crippen LogP contribution is 2.21. The molecule has 0 heterocycles. The van der Waals surface area contributed by atoms with Crippen LogP contribution in [0.2, 0.25) is 0 Å². The lowest BCUT2D eigenvalue weighted by atomic mass is 10.2. The number of aliphatic hydroxyl groups is 1. The van der Waals surface area contributed by atoms with E-state index in [0.29, 0.717) is 0 Å². The average Bonchev–Trinajstić information content (AvgIpc) is 2.32. The van der Waals surface area contributed by atoms with Gasteiger partial charge in [-0.3, -0.25) is 0 Å². The molecule has 1 atom stereocenters. The molecule has 90 valence electrons. The van der Waals surface area contributed by atoms with Crippen LogP contribution in [0.25, 0.3) is 0 Å². The molecule has 0 saturated carbocycles. The Balaban J connectivity index is 2.65. The molecule has 1 aromatic carbocycles. The Morgan fingerprint density at radius 3 is 2.81 bits per heavy atom. The smallest absolute Gasteiger partial charge is 0.119 e. The van der Waals surface area contributed by atoms with Gasteiger partial charge in [-0.25, -0.2) is 0 Å². The summed E-state index contributed by atoms with van der Waals surface area (Å²) in [5.74, 6) is 0.864. The molecule has 0 spiro atoms. The molecule has 0 radical (unpaired) electrons. The van der Waals surface area contributed by atoms with Gasteiger partial charge < -0.3 is 15.2 Å². The molecule has 16 heavy (non-hydrogen) atoms. The van der Waals surface area contributed by atoms with Crippen LogP contribution in [0.1, 0.15) is 18.9 Å². The Labute approximate surface area is 105 Å². The van der Waals surface area contributed by atoms with Crippen LogP contribution in [-0.2, 0) is 6.54 Å². The first-order valence-corrected chi connectivity index (χ1v) is 6.27. The number of benzene rings is 1. The lowest BCUT2D eigenvalue weighted by molar-refractivity contribution is -0.706. The van der Waals surface area contributed by atoms with Crippen LogP contribution in [0.4, 0.5) is 0 Å². The number of quaternary nitrogens is 1. The monoisotopic (exact) mass is 288 g/mol. The summed E-state index contributed by atoms with van der Waals surface area (Å²) in [6.45, 7) is 3.15. The standard InChI is InChI=1S/C12H18BrNO2/c1-3-10(8-15)14-7-9-6-11(16-2)4-5-12(9)13/h4-6,10,14-15H,3,7-8H2,1-2H3/p+1/t10-/m0/s1. The second-order valence-corrected chi connectivity index (χ2v) is 4.60. The number of hydrogen-bond acceptors (Lipinski definition) is 2. The fourth-order valence-corrected chi connectivity index (χ4v) is 1.91. The Kier molecular flexibility index (Phi) is 5.80. The van der Waals surface area contributed by atoms with Crippen LogP contribution < -0.4 is 10.1 Å². The van der Waals surface area contributed by atoms with Crippen LogP contribution in [0.3, 0.4) is 0 Å². The molecular weight excluding hydrogens is 270 g/mol. The second-order valence-electron chi connectivity index (χ2n) is 3.75. The predicted molar refractivity (Wildman–Crippen MR) is 67.5 cm³/mol. The van der Waals surface area contributed by atoms with E-state index in [1.54, 1.807) is 7.11 Å². The first-order chi connectivity index (χ1) is 7.71. The maximum Gasteiger partial charge on any atom is 0.119 e. The van der Waals surface area contributed by atoms with Gasteiger partial charge in [0.2, 0.25) is 0 Å². The van der Waals surface area contributed by atoms with Gasteiger partial charge in [-0.15, -0.1) is 0 Å². The summed E-state index contributed by atoms with van der Waals surface area (Å²) in [6, 6.07) is 6.21. The van der Waals surface area contributed by atoms with Crippen LogP contribution in [-0.4, -0.2) is 24.9 Å². The first-order valence-electron chi connectivity index (χ1n) is 5.47. The fraction of sp³-hybridized carbons (Fsp3) is 0.500. The molecule has 3 nitrogen and oxygen atoms in total. The van der Waals surface area contributed by atoms with Crippen LogP contribution in [0.15, 0.2) is 22.7 Å². The molecule has 0 aliphatic heterocycles. The highest BCUT2D eigenvalue weighted by molar-refractivity contribution is 9.10. The minimum Gasteiger partial charge on any atom is -0.497 e. The van der Waals surface area contributed by atoms with E-state index in [0.717, 1.165) is 23.2 Å². The van der Waals surface area contributed by atoms with Gasteiger partial charge in [0.25, 0.3) is 0 Å². The molecule has 0 unspecified atom stereocenters. The summed E-state index contributed by atoms with van der Waals surface area (Å²) in [5.41, 5.74) is 1.19. The van der Waals surface area contributed by atoms with Gasteiger partial charge in [-0.05, 0) is 24.6 Å². The van der Waals surface area contributed by atoms with Crippen molar-refractivity contribution in [3.8, 4) is 5.75 Å². The number of methoxy groups -OCH3 is 1. The Bertz CT molecular complexity index is 327. The number of nitrogens with two attached hydrogens (primary N) is 1. The number of hydrogen-bond donors (Lipinski definition) is 2. The molecule has 1 aromatic rings. The van der Waals surface area contributed by atoms with Crippen molar-refractivity contribution in [2.75, 3.05) is 13.7 Å². The molecule has 0 saturated heterocycles. The van der Waals surface area contributed by atoms with Crippen molar-refractivity contribution in [3.63, 3.8) is 0 Å². The van der Waals surface area contributed by atoms with Gasteiger partial charge in [0.15, 0.2) is 0 Å². The zero-order chi connectivity index (χ0) is 12.0. The molecule has 0 bridgehead atoms. The molecule has 0 aliphatic rings. The van der Waals surface area contributed by atoms with Crippen molar-refractivity contribution in [2.45, 2.75) is 25.9 Å². The number of ether oxygens (including phenoxy) is 1. The van der Waals surface area contributed by atoms with Crippen molar-refractivity contribution in [2.24, 2.45) is 0 Å². The first kappa shape index (κ1) is 13.5. The molecule has 1 rings (SSSR count). The average molecular weight is 289 g/mol. The zero-order valence-electron chi connectivity index (χ0n) is 9.74. The van der Waals surface area contributed by atoms with E-state index < -0.39 is 0 Å². The third-order valence-electron chi connectivity index (χ3n) is 2.68. The van der Waals surface area contributed by atoms with E-state index in [4.69, 9.17) is 9.84 Å². The van der Waals surface area contributed by atoms with Gasteiger partial charge in [-0.1, -0.05) is 22.9 Å². The summed E-state index contributed by atoms with van der Waals surface area (Å²) in [7, 11) is 1.67. The topological polar surface area (TPSA) is 46.1 Å². The molecule has 0 aliphatic carbocycles. The second kappa shape index (κ2) is 6.89. The normalized spacial score (nSPS) is 12.5. The van der Waals surface area contributed by atoms with Crippen LogP contribution >= 0.6 is 15.9 Å². The molecule has 0 fully saturated rings. The third-order valence-corrected chi connectivity index (χ3v) is 3.46. The van der Waals surface area contributed by atoms with Crippen molar-refractivity contribution in [1.29, 1.82) is 0 Å². The minimum absolute atomic E-state index is 0.220. The van der Waals surface area contributed by atoms with E-state index in [1.807, 2.05) is 18.2 Å². The van der Waals surface area contributed by atoms with Gasteiger partial charge in [0.1, 0.15) is 18.3 Å². The lowest BCUT2D eigenvalue weighted by Gasteiger charge is -2.12. The van der Waals surface area contributed by atoms with Gasteiger partial charge in [-0.2, -0.15) is 0 Å². The van der Waals surface area contributed by atoms with Gasteiger partial charge >= 0.3 is 0 Å². The highest BCUT2D eigenvalue weighted by atomic mass is 79.9. The molecular formula is C12H19BrNO2+. The van der Waals surface area contributed by atoms with Crippen LogP contribution in [0, 0.1) is 0 Å². The summed E-state index contributed by atoms with van der Waals surface area (Å²) in [4.78, 5) is 0. The van der Waals surface area contributed by atoms with Crippen molar-refractivity contribution in [1.82, 2.24) is 0 Å². The van der Waals surface area contributed by atoms with E-state index in [1.165, 1.54) is 5.56 Å². The SMILES string of the molecule is CC[C@@H](CO)[NH2+]Cc1cc(OC)ccc1Br. The largest absolute Gasteiger partial charge is 0.497 e. The molecule has 4 heteroatoms. The lowest BCUT2D eigenvalue weighted by Crippen LogP contribution is -2.89. The van der Waals surface area contributed by atoms with Crippen LogP contribution in [0.5, 0.6) is 5.75 Å². The predicted octanol–water partition coefficient (Wildman–Crippen LogP) is 1.29. The Morgan fingerprint density at radius 2 is 2.25 bits per heavy atom.